The van der Waals surface area contributed by atoms with Gasteiger partial charge in [0.25, 0.3) is 0 Å². The predicted molar refractivity (Wildman–Crippen MR) is 162 cm³/mol. The highest BCUT2D eigenvalue weighted by atomic mass is 19.2. The second-order valence-corrected chi connectivity index (χ2v) is 10.6. The van der Waals surface area contributed by atoms with Crippen molar-refractivity contribution in [3.63, 3.8) is 0 Å². The Bertz CT molecular complexity index is 1980. The average molecular weight is 536 g/mol. The molecule has 0 amide bonds. The van der Waals surface area contributed by atoms with Crippen LogP contribution >= 0.6 is 0 Å². The number of para-hydroxylation sites is 2. The van der Waals surface area contributed by atoms with Crippen LogP contribution in [-0.2, 0) is 0 Å². The van der Waals surface area contributed by atoms with Crippen LogP contribution in [0.1, 0.15) is 11.1 Å². The minimum atomic E-state index is -3.92. The van der Waals surface area contributed by atoms with Crippen molar-refractivity contribution in [3.8, 4) is 11.1 Å². The van der Waals surface area contributed by atoms with Crippen LogP contribution in [0.3, 0.4) is 0 Å². The molecule has 0 spiro atoms. The van der Waals surface area contributed by atoms with Gasteiger partial charge >= 0.3 is 6.97 Å². The minimum Gasteiger partial charge on any atom is -0.346 e. The summed E-state index contributed by atoms with van der Waals surface area (Å²) in [4.78, 5) is 2.33. The highest BCUT2D eigenvalue weighted by molar-refractivity contribution is 6.52. The zero-order valence-electron chi connectivity index (χ0n) is 22.1. The number of anilines is 3. The van der Waals surface area contributed by atoms with Crippen LogP contribution in [0.25, 0.3) is 28.7 Å². The third kappa shape index (κ3) is 3.72. The molecule has 0 saturated heterocycles. The lowest BCUT2D eigenvalue weighted by Crippen LogP contribution is -3.16. The van der Waals surface area contributed by atoms with Gasteiger partial charge < -0.3 is 18.3 Å². The highest BCUT2D eigenvalue weighted by Gasteiger charge is 2.62. The Labute approximate surface area is 236 Å². The van der Waals surface area contributed by atoms with Crippen molar-refractivity contribution >= 4 is 47.8 Å². The lowest BCUT2D eigenvalue weighted by Gasteiger charge is -2.29. The fourth-order valence-corrected chi connectivity index (χ4v) is 6.27. The molecule has 0 bridgehead atoms. The Morgan fingerprint density at radius 3 is 1.95 bits per heavy atom. The normalized spacial score (nSPS) is 17.4. The molecule has 8 rings (SSSR count). The van der Waals surface area contributed by atoms with E-state index >= 15 is 8.63 Å². The number of hydrogen-bond donors (Lipinski definition) is 1. The van der Waals surface area contributed by atoms with Gasteiger partial charge in [0.2, 0.25) is 0 Å². The Morgan fingerprint density at radius 1 is 0.634 bits per heavy atom. The van der Waals surface area contributed by atoms with Crippen molar-refractivity contribution in [2.24, 2.45) is 0 Å². The van der Waals surface area contributed by atoms with Gasteiger partial charge in [-0.1, -0.05) is 66.7 Å². The van der Waals surface area contributed by atoms with Gasteiger partial charge in [0.05, 0.1) is 17.8 Å². The zero-order chi connectivity index (χ0) is 27.6. The van der Waals surface area contributed by atoms with Crippen LogP contribution in [-0.4, -0.2) is 17.7 Å². The van der Waals surface area contributed by atoms with E-state index in [4.69, 9.17) is 0 Å². The lowest BCUT2D eigenvalue weighted by molar-refractivity contribution is -0.690. The number of quaternary nitrogens is 1. The van der Waals surface area contributed by atoms with E-state index in [0.29, 0.717) is 11.4 Å². The van der Waals surface area contributed by atoms with E-state index in [1.165, 1.54) is 4.49 Å². The van der Waals surface area contributed by atoms with E-state index in [-0.39, 0.29) is 4.81 Å². The van der Waals surface area contributed by atoms with Gasteiger partial charge in [0.15, 0.2) is 5.70 Å². The van der Waals surface area contributed by atoms with E-state index in [9.17, 15) is 0 Å². The van der Waals surface area contributed by atoms with Crippen molar-refractivity contribution in [2.45, 2.75) is 0 Å². The summed E-state index contributed by atoms with van der Waals surface area (Å²) in [6, 6.07) is 42.6. The molecular weight excluding hydrogens is 511 g/mol. The SMILES string of the molecule is F[B-]1(F)[N+]2=Cc3ccccc3C2=CC2=c3ccc(-c4ccc(N(c5ccccc5)c5ccccc5)cc4)cc3=C[NH+]21. The number of hydrogen-bond acceptors (Lipinski definition) is 1. The van der Waals surface area contributed by atoms with Gasteiger partial charge in [0, 0.05) is 33.1 Å². The number of nitrogens with zero attached hydrogens (tertiary/aromatic N) is 2. The Kier molecular flexibility index (Phi) is 5.21. The van der Waals surface area contributed by atoms with Gasteiger partial charge in [-0.2, -0.15) is 0 Å². The van der Waals surface area contributed by atoms with E-state index < -0.39 is 6.97 Å². The first-order chi connectivity index (χ1) is 20.1. The first-order valence-corrected chi connectivity index (χ1v) is 13.8. The second kappa shape index (κ2) is 8.98. The number of rotatable bonds is 4. The summed E-state index contributed by atoms with van der Waals surface area (Å²) in [5.41, 5.74) is 8.12. The number of fused-ring (bicyclic) bond motifs is 5. The Balaban J connectivity index is 1.18. The lowest BCUT2D eigenvalue weighted by atomic mass is 9.88. The summed E-state index contributed by atoms with van der Waals surface area (Å²) < 4.78 is 33.0. The van der Waals surface area contributed by atoms with Crippen LogP contribution < -0.4 is 20.1 Å². The number of nitrogens with one attached hydrogen (secondary N) is 1. The van der Waals surface area contributed by atoms with Gasteiger partial charge in [-0.05, 0) is 71.8 Å². The molecule has 1 unspecified atom stereocenters. The highest BCUT2D eigenvalue weighted by Crippen LogP contribution is 2.35. The molecule has 0 radical (unpaired) electrons. The molecule has 0 fully saturated rings. The monoisotopic (exact) mass is 536 g/mol. The predicted octanol–water partition coefficient (Wildman–Crippen LogP) is 5.44. The van der Waals surface area contributed by atoms with Gasteiger partial charge in [-0.15, -0.1) is 0 Å². The van der Waals surface area contributed by atoms with Crippen LogP contribution in [0.4, 0.5) is 25.7 Å². The van der Waals surface area contributed by atoms with Crippen LogP contribution in [0.15, 0.2) is 133 Å². The minimum absolute atomic E-state index is 0.113. The summed E-state index contributed by atoms with van der Waals surface area (Å²) in [6.45, 7) is -3.92. The Hall–Kier alpha value is -5.07. The Morgan fingerprint density at radius 2 is 1.24 bits per heavy atom. The molecule has 0 aromatic heterocycles. The first-order valence-electron chi connectivity index (χ1n) is 13.8. The molecule has 6 heteroatoms. The van der Waals surface area contributed by atoms with Gasteiger partial charge in [-0.25, -0.2) is 0 Å². The van der Waals surface area contributed by atoms with E-state index in [1.807, 2.05) is 84.9 Å². The third-order valence-corrected chi connectivity index (χ3v) is 8.25. The van der Waals surface area contributed by atoms with Crippen molar-refractivity contribution in [2.75, 3.05) is 4.90 Å². The molecule has 1 N–H and O–H groups in total. The molecule has 3 nitrogen and oxygen atoms in total. The van der Waals surface area contributed by atoms with Crippen LogP contribution in [0.2, 0.25) is 0 Å². The summed E-state index contributed by atoms with van der Waals surface area (Å²) in [6.07, 6.45) is 5.19. The zero-order valence-corrected chi connectivity index (χ0v) is 22.1. The molecule has 3 heterocycles. The molecule has 0 saturated carbocycles. The molecule has 5 aromatic carbocycles. The smallest absolute Gasteiger partial charge is 0.346 e. The summed E-state index contributed by atoms with van der Waals surface area (Å²) >= 11 is 0. The number of benzene rings is 5. The average Bonchev–Trinajstić information content (AvgIpc) is 3.59. The fourth-order valence-electron chi connectivity index (χ4n) is 6.27. The maximum absolute atomic E-state index is 15.9. The van der Waals surface area contributed by atoms with Crippen LogP contribution in [0, 0.1) is 0 Å². The standard InChI is InChI=1S/C35H25BF2N3/c37-36(38)39-23-27-9-7-8-14-32(27)34(39)22-35-33-20-17-26(21-28(33)24-40(35)36)25-15-18-31(19-16-25)41(29-10-3-1-4-11-29)30-12-5-2-6-13-30/h1-24,40H/q+1. The molecule has 41 heavy (non-hydrogen) atoms. The van der Waals surface area contributed by atoms with Crippen molar-refractivity contribution in [1.82, 2.24) is 0 Å². The van der Waals surface area contributed by atoms with Crippen molar-refractivity contribution in [3.05, 3.63) is 155 Å². The second-order valence-electron chi connectivity index (χ2n) is 10.6. The maximum Gasteiger partial charge on any atom is 0.854 e. The number of halogens is 2. The first kappa shape index (κ1) is 23.8. The van der Waals surface area contributed by atoms with Crippen molar-refractivity contribution < 1.29 is 17.9 Å². The topological polar surface area (TPSA) is 10.7 Å². The van der Waals surface area contributed by atoms with Crippen molar-refractivity contribution in [1.29, 1.82) is 0 Å². The van der Waals surface area contributed by atoms with E-state index in [2.05, 4.69) is 53.4 Å². The van der Waals surface area contributed by atoms with Crippen LogP contribution in [0.5, 0.6) is 0 Å². The molecule has 5 aromatic rings. The fraction of sp³-hybridized carbons (Fsp3) is 0. The molecule has 3 aliphatic heterocycles. The molecular formula is C35H25BF2N3+. The largest absolute Gasteiger partial charge is 0.854 e. The van der Waals surface area contributed by atoms with Gasteiger partial charge in [-0.3, -0.25) is 4.49 Å². The third-order valence-electron chi connectivity index (χ3n) is 8.25. The summed E-state index contributed by atoms with van der Waals surface area (Å²) in [7, 11) is 0. The molecule has 3 aliphatic rings. The summed E-state index contributed by atoms with van der Waals surface area (Å²) in [5.74, 6) is 0. The van der Waals surface area contributed by atoms with E-state index in [1.54, 1.807) is 12.4 Å². The molecule has 1 atom stereocenters. The maximum atomic E-state index is 15.9. The van der Waals surface area contributed by atoms with E-state index in [0.717, 1.165) is 49.8 Å². The molecule has 0 aliphatic carbocycles. The summed E-state index contributed by atoms with van der Waals surface area (Å²) in [5, 5.41) is 1.69. The van der Waals surface area contributed by atoms with Gasteiger partial charge in [0.1, 0.15) is 11.9 Å². The molecule has 196 valence electrons. The quantitative estimate of drug-likeness (QED) is 0.302.